The number of nitrogens with one attached hydrogen (secondary N) is 1. The van der Waals surface area contributed by atoms with Crippen LogP contribution in [0, 0.1) is 5.92 Å². The molecule has 0 unspecified atom stereocenters. The number of fused-ring (bicyclic) bond motifs is 1. The number of rotatable bonds is 8. The van der Waals surface area contributed by atoms with Gasteiger partial charge in [0.05, 0.1) is 0 Å². The van der Waals surface area contributed by atoms with E-state index in [4.69, 9.17) is 0 Å². The number of hydrogen-bond acceptors (Lipinski definition) is 4. The molecular weight excluding hydrogens is 328 g/mol. The van der Waals surface area contributed by atoms with Gasteiger partial charge in [0.25, 0.3) is 0 Å². The molecule has 2 fully saturated rings. The lowest BCUT2D eigenvalue weighted by atomic mass is 9.76. The highest BCUT2D eigenvalue weighted by molar-refractivity contribution is 5.79. The maximum Gasteiger partial charge on any atom is 0.317 e. The average molecular weight is 367 g/mol. The first-order chi connectivity index (χ1) is 12.5. The number of likely N-dealkylation sites (N-methyl/N-ethyl adjacent to an activating group) is 2. The standard InChI is InChI=1S/C20H38N4O2/c1-5-10-24-15-17(13-16-14-18(25)8-9-19(16)24)21-20(26)22(4)11-12-23(6-2)7-3/h16-17,19H,5-15H2,1-4H3,(H,21,26)/t16-,17+,19-/m1/s1. The predicted molar refractivity (Wildman–Crippen MR) is 105 cm³/mol. The largest absolute Gasteiger partial charge is 0.334 e. The summed E-state index contributed by atoms with van der Waals surface area (Å²) in [7, 11) is 1.87. The Morgan fingerprint density at radius 3 is 2.62 bits per heavy atom. The second-order valence-electron chi connectivity index (χ2n) is 7.93. The molecule has 2 aliphatic rings. The van der Waals surface area contributed by atoms with Gasteiger partial charge in [-0.3, -0.25) is 9.69 Å². The molecule has 2 amide bonds. The first kappa shape index (κ1) is 21.2. The Hall–Kier alpha value is -1.14. The first-order valence-electron chi connectivity index (χ1n) is 10.5. The molecule has 1 aliphatic heterocycles. The van der Waals surface area contributed by atoms with E-state index >= 15 is 0 Å². The van der Waals surface area contributed by atoms with Gasteiger partial charge in [0.1, 0.15) is 5.78 Å². The van der Waals surface area contributed by atoms with Crippen molar-refractivity contribution in [1.82, 2.24) is 20.0 Å². The van der Waals surface area contributed by atoms with Crippen LogP contribution in [0.4, 0.5) is 4.79 Å². The Morgan fingerprint density at radius 1 is 1.23 bits per heavy atom. The Labute approximate surface area is 159 Å². The summed E-state index contributed by atoms with van der Waals surface area (Å²) in [4.78, 5) is 31.1. The smallest absolute Gasteiger partial charge is 0.317 e. The van der Waals surface area contributed by atoms with Gasteiger partial charge in [0.15, 0.2) is 0 Å². The molecule has 0 aromatic heterocycles. The average Bonchev–Trinajstić information content (AvgIpc) is 2.62. The number of nitrogens with zero attached hydrogens (tertiary/aromatic N) is 3. The maximum absolute atomic E-state index is 12.6. The molecule has 150 valence electrons. The van der Waals surface area contributed by atoms with Gasteiger partial charge in [-0.1, -0.05) is 20.8 Å². The van der Waals surface area contributed by atoms with E-state index in [-0.39, 0.29) is 12.1 Å². The molecule has 1 aliphatic carbocycles. The van der Waals surface area contributed by atoms with Gasteiger partial charge in [-0.15, -0.1) is 0 Å². The number of urea groups is 1. The van der Waals surface area contributed by atoms with E-state index in [1.807, 2.05) is 7.05 Å². The SMILES string of the molecule is CCCN1C[C@@H](NC(=O)N(C)CCN(CC)CC)C[C@@H]2CC(=O)CC[C@H]21. The molecule has 1 saturated heterocycles. The van der Waals surface area contributed by atoms with Crippen molar-refractivity contribution in [3.63, 3.8) is 0 Å². The maximum atomic E-state index is 12.6. The highest BCUT2D eigenvalue weighted by atomic mass is 16.2. The summed E-state index contributed by atoms with van der Waals surface area (Å²) in [6.45, 7) is 12.1. The van der Waals surface area contributed by atoms with Crippen molar-refractivity contribution in [2.24, 2.45) is 5.92 Å². The Morgan fingerprint density at radius 2 is 1.96 bits per heavy atom. The minimum atomic E-state index is 0.0131. The molecule has 26 heavy (non-hydrogen) atoms. The van der Waals surface area contributed by atoms with E-state index in [1.165, 1.54) is 0 Å². The van der Waals surface area contributed by atoms with Crippen molar-refractivity contribution in [2.75, 3.05) is 46.3 Å². The zero-order chi connectivity index (χ0) is 19.1. The Kier molecular flexibility index (Phi) is 8.35. The second-order valence-corrected chi connectivity index (χ2v) is 7.93. The molecule has 0 radical (unpaired) electrons. The summed E-state index contributed by atoms with van der Waals surface area (Å²) in [5, 5.41) is 3.23. The van der Waals surface area contributed by atoms with E-state index < -0.39 is 0 Å². The monoisotopic (exact) mass is 366 g/mol. The topological polar surface area (TPSA) is 55.9 Å². The van der Waals surface area contributed by atoms with Gasteiger partial charge >= 0.3 is 6.03 Å². The quantitative estimate of drug-likeness (QED) is 0.715. The van der Waals surface area contributed by atoms with Crippen molar-refractivity contribution in [3.8, 4) is 0 Å². The highest BCUT2D eigenvalue weighted by Gasteiger charge is 2.39. The normalized spacial score (nSPS) is 26.7. The summed E-state index contributed by atoms with van der Waals surface area (Å²) in [5.74, 6) is 0.800. The molecular formula is C20H38N4O2. The fourth-order valence-electron chi connectivity index (χ4n) is 4.52. The summed E-state index contributed by atoms with van der Waals surface area (Å²) in [5.41, 5.74) is 0. The molecule has 0 aromatic carbocycles. The molecule has 1 heterocycles. The molecule has 1 saturated carbocycles. The van der Waals surface area contributed by atoms with Crippen molar-refractivity contribution >= 4 is 11.8 Å². The van der Waals surface area contributed by atoms with Gasteiger partial charge in [-0.05, 0) is 44.8 Å². The van der Waals surface area contributed by atoms with Crippen molar-refractivity contribution in [2.45, 2.75) is 65.0 Å². The minimum absolute atomic E-state index is 0.0131. The molecule has 1 N–H and O–H groups in total. The predicted octanol–water partition coefficient (Wildman–Crippen LogP) is 2.19. The number of likely N-dealkylation sites (tertiary alicyclic amines) is 1. The summed E-state index contributed by atoms with van der Waals surface area (Å²) in [6, 6.07) is 0.692. The zero-order valence-electron chi connectivity index (χ0n) is 17.2. The van der Waals surface area contributed by atoms with Crippen LogP contribution < -0.4 is 5.32 Å². The molecule has 0 aromatic rings. The summed E-state index contributed by atoms with van der Waals surface area (Å²) < 4.78 is 0. The molecule has 0 spiro atoms. The van der Waals surface area contributed by atoms with Crippen molar-refractivity contribution in [1.29, 1.82) is 0 Å². The number of piperidine rings is 1. The van der Waals surface area contributed by atoms with Gasteiger partial charge in [-0.25, -0.2) is 4.79 Å². The zero-order valence-corrected chi connectivity index (χ0v) is 17.2. The van der Waals surface area contributed by atoms with Crippen molar-refractivity contribution < 1.29 is 9.59 Å². The molecule has 3 atom stereocenters. The minimum Gasteiger partial charge on any atom is -0.334 e. The fourth-order valence-corrected chi connectivity index (χ4v) is 4.52. The van der Waals surface area contributed by atoms with E-state index in [2.05, 4.69) is 35.9 Å². The van der Waals surface area contributed by atoms with Crippen LogP contribution in [0.1, 0.15) is 52.9 Å². The van der Waals surface area contributed by atoms with Gasteiger partial charge in [0.2, 0.25) is 0 Å². The lowest BCUT2D eigenvalue weighted by molar-refractivity contribution is -0.124. The van der Waals surface area contributed by atoms with Crippen LogP contribution in [0.3, 0.4) is 0 Å². The number of Topliss-reactive ketones (excluding diaryl/α,β-unsaturated/α-hetero) is 1. The van der Waals surface area contributed by atoms with Gasteiger partial charge in [-0.2, -0.15) is 0 Å². The molecule has 0 bridgehead atoms. The molecule has 2 rings (SSSR count). The first-order valence-corrected chi connectivity index (χ1v) is 10.5. The Balaban J connectivity index is 1.88. The number of hydrogen-bond donors (Lipinski definition) is 1. The Bertz CT molecular complexity index is 467. The summed E-state index contributed by atoms with van der Waals surface area (Å²) in [6.07, 6.45) is 4.46. The van der Waals surface area contributed by atoms with Crippen LogP contribution in [0.25, 0.3) is 0 Å². The number of carbonyl (C=O) groups excluding carboxylic acids is 2. The lowest BCUT2D eigenvalue weighted by Crippen LogP contribution is -2.58. The van der Waals surface area contributed by atoms with Crippen molar-refractivity contribution in [3.05, 3.63) is 0 Å². The van der Waals surface area contributed by atoms with Crippen LogP contribution in [-0.4, -0.2) is 84.9 Å². The van der Waals surface area contributed by atoms with E-state index in [1.54, 1.807) is 4.90 Å². The van der Waals surface area contributed by atoms with Crippen LogP contribution in [0.2, 0.25) is 0 Å². The number of amides is 2. The van der Waals surface area contributed by atoms with Gasteiger partial charge in [0, 0.05) is 51.6 Å². The third kappa shape index (κ3) is 5.68. The third-order valence-corrected chi connectivity index (χ3v) is 6.10. The fraction of sp³-hybridized carbons (Fsp3) is 0.900. The van der Waals surface area contributed by atoms with E-state index in [9.17, 15) is 9.59 Å². The number of ketones is 1. The van der Waals surface area contributed by atoms with Crippen LogP contribution in [-0.2, 0) is 4.79 Å². The van der Waals surface area contributed by atoms with Crippen LogP contribution in [0.15, 0.2) is 0 Å². The molecule has 6 heteroatoms. The van der Waals surface area contributed by atoms with Crippen LogP contribution in [0.5, 0.6) is 0 Å². The highest BCUT2D eigenvalue weighted by Crippen LogP contribution is 2.34. The summed E-state index contributed by atoms with van der Waals surface area (Å²) >= 11 is 0. The van der Waals surface area contributed by atoms with Gasteiger partial charge < -0.3 is 15.1 Å². The number of carbonyl (C=O) groups is 2. The van der Waals surface area contributed by atoms with E-state index in [0.29, 0.717) is 24.2 Å². The second kappa shape index (κ2) is 10.3. The third-order valence-electron chi connectivity index (χ3n) is 6.10. The van der Waals surface area contributed by atoms with Crippen LogP contribution >= 0.6 is 0 Å². The van der Waals surface area contributed by atoms with E-state index in [0.717, 1.165) is 65.0 Å². The lowest BCUT2D eigenvalue weighted by Gasteiger charge is -2.47. The molecule has 6 nitrogen and oxygen atoms in total.